The van der Waals surface area contributed by atoms with Gasteiger partial charge in [-0.2, -0.15) is 4.89 Å². The third kappa shape index (κ3) is 4.73. The molecule has 0 heterocycles. The molecule has 1 aromatic rings. The first-order valence-corrected chi connectivity index (χ1v) is 8.25. The number of rotatable bonds is 7. The van der Waals surface area contributed by atoms with Crippen LogP contribution in [0.5, 0.6) is 5.75 Å². The Bertz CT molecular complexity index is 464. The van der Waals surface area contributed by atoms with Gasteiger partial charge in [0.15, 0.2) is 0 Å². The van der Waals surface area contributed by atoms with Gasteiger partial charge in [0.2, 0.25) is 0 Å². The second-order valence-electron chi connectivity index (χ2n) is 5.95. The Morgan fingerprint density at radius 1 is 1.18 bits per heavy atom. The number of hydrogen-bond acceptors (Lipinski definition) is 4. The van der Waals surface area contributed by atoms with E-state index in [9.17, 15) is 4.79 Å². The minimum Gasteiger partial charge on any atom is -0.496 e. The van der Waals surface area contributed by atoms with Crippen molar-refractivity contribution < 1.29 is 19.3 Å². The van der Waals surface area contributed by atoms with E-state index in [1.807, 2.05) is 6.07 Å². The average molecular weight is 306 g/mol. The highest BCUT2D eigenvalue weighted by molar-refractivity contribution is 5.92. The van der Waals surface area contributed by atoms with E-state index in [1.165, 1.54) is 26.4 Å². The minimum absolute atomic E-state index is 0.0246. The lowest BCUT2D eigenvalue weighted by Crippen LogP contribution is -2.23. The lowest BCUT2D eigenvalue weighted by Gasteiger charge is -2.27. The summed E-state index contributed by atoms with van der Waals surface area (Å²) in [6.45, 7) is 2.23. The Kier molecular flexibility index (Phi) is 6.72. The monoisotopic (exact) mass is 306 g/mol. The van der Waals surface area contributed by atoms with Crippen LogP contribution in [0.1, 0.15) is 62.2 Å². The molecule has 0 aromatic heterocycles. The zero-order valence-corrected chi connectivity index (χ0v) is 13.5. The van der Waals surface area contributed by atoms with Gasteiger partial charge in [-0.05, 0) is 43.7 Å². The number of methoxy groups -OCH3 is 1. The van der Waals surface area contributed by atoms with E-state index in [1.54, 1.807) is 18.2 Å². The highest BCUT2D eigenvalue weighted by atomic mass is 17.2. The maximum absolute atomic E-state index is 12.0. The lowest BCUT2D eigenvalue weighted by molar-refractivity contribution is -0.280. The van der Waals surface area contributed by atoms with E-state index in [4.69, 9.17) is 14.5 Å². The number of unbranched alkanes of at least 4 members (excludes halogenated alkanes) is 1. The van der Waals surface area contributed by atoms with E-state index in [2.05, 4.69) is 6.92 Å². The summed E-state index contributed by atoms with van der Waals surface area (Å²) in [4.78, 5) is 22.4. The molecular formula is C18H26O4. The third-order valence-electron chi connectivity index (χ3n) is 4.35. The van der Waals surface area contributed by atoms with Gasteiger partial charge in [-0.25, -0.2) is 4.79 Å². The molecule has 0 aliphatic heterocycles. The highest BCUT2D eigenvalue weighted by Gasteiger charge is 2.24. The number of hydrogen-bond donors (Lipinski definition) is 0. The first-order valence-electron chi connectivity index (χ1n) is 8.25. The van der Waals surface area contributed by atoms with Crippen molar-refractivity contribution >= 4 is 5.97 Å². The first kappa shape index (κ1) is 16.8. The molecule has 0 spiro atoms. The Hall–Kier alpha value is -1.55. The second-order valence-corrected chi connectivity index (χ2v) is 5.95. The molecule has 22 heavy (non-hydrogen) atoms. The number of para-hydroxylation sites is 1. The zero-order valence-electron chi connectivity index (χ0n) is 13.5. The van der Waals surface area contributed by atoms with Crippen molar-refractivity contribution in [1.29, 1.82) is 0 Å². The number of benzene rings is 1. The maximum atomic E-state index is 12.0. The van der Waals surface area contributed by atoms with Crippen molar-refractivity contribution in [2.75, 3.05) is 7.11 Å². The van der Waals surface area contributed by atoms with Crippen molar-refractivity contribution in [3.05, 3.63) is 29.8 Å². The van der Waals surface area contributed by atoms with Gasteiger partial charge in [-0.15, -0.1) is 0 Å². The molecule has 0 unspecified atom stereocenters. The molecule has 4 nitrogen and oxygen atoms in total. The minimum atomic E-state index is -0.495. The molecule has 2 rings (SSSR count). The van der Waals surface area contributed by atoms with Crippen LogP contribution in [0, 0.1) is 5.92 Å². The highest BCUT2D eigenvalue weighted by Crippen LogP contribution is 2.30. The van der Waals surface area contributed by atoms with Crippen molar-refractivity contribution in [2.45, 2.75) is 58.0 Å². The molecule has 1 aromatic carbocycles. The van der Waals surface area contributed by atoms with E-state index in [0.717, 1.165) is 31.6 Å². The summed E-state index contributed by atoms with van der Waals surface area (Å²) in [5, 5.41) is 0. The number of ether oxygens (including phenoxy) is 1. The Labute approximate surface area is 132 Å². The fourth-order valence-corrected chi connectivity index (χ4v) is 2.98. The van der Waals surface area contributed by atoms with Crippen LogP contribution in [-0.4, -0.2) is 19.2 Å². The average Bonchev–Trinajstić information content (AvgIpc) is 2.58. The van der Waals surface area contributed by atoms with Gasteiger partial charge in [0, 0.05) is 0 Å². The summed E-state index contributed by atoms with van der Waals surface area (Å²) in [7, 11) is 1.53. The summed E-state index contributed by atoms with van der Waals surface area (Å²) < 4.78 is 5.15. The fraction of sp³-hybridized carbons (Fsp3) is 0.611. The summed E-state index contributed by atoms with van der Waals surface area (Å²) in [6, 6.07) is 6.99. The molecule has 0 bridgehead atoms. The summed E-state index contributed by atoms with van der Waals surface area (Å²) in [6.07, 6.45) is 8.15. The Morgan fingerprint density at radius 3 is 2.59 bits per heavy atom. The Morgan fingerprint density at radius 2 is 1.91 bits per heavy atom. The summed E-state index contributed by atoms with van der Waals surface area (Å²) >= 11 is 0. The molecule has 0 atom stereocenters. The molecule has 122 valence electrons. The van der Waals surface area contributed by atoms with E-state index >= 15 is 0 Å². The SMILES string of the molecule is CCCCC1CCC(OOC(=O)c2ccccc2OC)CC1. The maximum Gasteiger partial charge on any atom is 0.376 e. The van der Waals surface area contributed by atoms with Crippen LogP contribution < -0.4 is 4.74 Å². The van der Waals surface area contributed by atoms with Crippen molar-refractivity contribution in [3.63, 3.8) is 0 Å². The van der Waals surface area contributed by atoms with Crippen LogP contribution in [0.2, 0.25) is 0 Å². The van der Waals surface area contributed by atoms with Crippen LogP contribution in [0.25, 0.3) is 0 Å². The van der Waals surface area contributed by atoms with Crippen LogP contribution in [0.3, 0.4) is 0 Å². The van der Waals surface area contributed by atoms with Gasteiger partial charge in [0.25, 0.3) is 0 Å². The molecule has 0 N–H and O–H groups in total. The number of carbonyl (C=O) groups excluding carboxylic acids is 1. The largest absolute Gasteiger partial charge is 0.496 e. The summed E-state index contributed by atoms with van der Waals surface area (Å²) in [5.74, 6) is 0.814. The molecule has 0 radical (unpaired) electrons. The molecule has 1 fully saturated rings. The zero-order chi connectivity index (χ0) is 15.8. The molecule has 1 aliphatic carbocycles. The van der Waals surface area contributed by atoms with Crippen LogP contribution in [0.4, 0.5) is 0 Å². The van der Waals surface area contributed by atoms with Crippen LogP contribution >= 0.6 is 0 Å². The van der Waals surface area contributed by atoms with Crippen molar-refractivity contribution in [1.82, 2.24) is 0 Å². The van der Waals surface area contributed by atoms with Crippen LogP contribution in [0.15, 0.2) is 24.3 Å². The standard InChI is InChI=1S/C18H26O4/c1-3-4-7-14-10-12-15(13-11-14)21-22-18(19)16-8-5-6-9-17(16)20-2/h5-6,8-9,14-15H,3-4,7,10-13H2,1-2H3. The molecular weight excluding hydrogens is 280 g/mol. The van der Waals surface area contributed by atoms with Gasteiger partial charge < -0.3 is 4.74 Å². The molecule has 1 aliphatic rings. The first-order chi connectivity index (χ1) is 10.7. The third-order valence-corrected chi connectivity index (χ3v) is 4.35. The molecule has 0 amide bonds. The normalized spacial score (nSPS) is 21.4. The topological polar surface area (TPSA) is 44.8 Å². The van der Waals surface area contributed by atoms with E-state index in [-0.39, 0.29) is 6.10 Å². The van der Waals surface area contributed by atoms with E-state index in [0.29, 0.717) is 11.3 Å². The van der Waals surface area contributed by atoms with Gasteiger partial charge in [0.1, 0.15) is 17.4 Å². The van der Waals surface area contributed by atoms with Gasteiger partial charge in [-0.3, -0.25) is 4.89 Å². The van der Waals surface area contributed by atoms with Crippen molar-refractivity contribution in [2.24, 2.45) is 5.92 Å². The number of carbonyl (C=O) groups is 1. The van der Waals surface area contributed by atoms with Gasteiger partial charge >= 0.3 is 5.97 Å². The lowest BCUT2D eigenvalue weighted by atomic mass is 9.84. The molecule has 0 saturated heterocycles. The smallest absolute Gasteiger partial charge is 0.376 e. The predicted molar refractivity (Wildman–Crippen MR) is 84.8 cm³/mol. The predicted octanol–water partition coefficient (Wildman–Crippen LogP) is 4.53. The van der Waals surface area contributed by atoms with Gasteiger partial charge in [-0.1, -0.05) is 38.3 Å². The Balaban J connectivity index is 1.76. The fourth-order valence-electron chi connectivity index (χ4n) is 2.98. The van der Waals surface area contributed by atoms with Gasteiger partial charge in [0.05, 0.1) is 7.11 Å². The van der Waals surface area contributed by atoms with E-state index < -0.39 is 5.97 Å². The second kappa shape index (κ2) is 8.79. The molecule has 1 saturated carbocycles. The molecule has 4 heteroatoms. The van der Waals surface area contributed by atoms with Crippen LogP contribution in [-0.2, 0) is 9.78 Å². The quantitative estimate of drug-likeness (QED) is 0.548. The summed E-state index contributed by atoms with van der Waals surface area (Å²) in [5.41, 5.74) is 0.390. The van der Waals surface area contributed by atoms with Crippen molar-refractivity contribution in [3.8, 4) is 5.75 Å².